The molecule has 0 atom stereocenters. The van der Waals surface area contributed by atoms with Gasteiger partial charge in [0.1, 0.15) is 19.9 Å². The van der Waals surface area contributed by atoms with Crippen molar-refractivity contribution in [2.75, 3.05) is 19.9 Å². The van der Waals surface area contributed by atoms with E-state index in [-0.39, 0.29) is 43.7 Å². The third-order valence-electron chi connectivity index (χ3n) is 6.35. The first-order chi connectivity index (χ1) is 16.0. The highest BCUT2D eigenvalue weighted by Gasteiger charge is 2.29. The van der Waals surface area contributed by atoms with E-state index >= 15 is 0 Å². The predicted molar refractivity (Wildman–Crippen MR) is 121 cm³/mol. The van der Waals surface area contributed by atoms with Crippen molar-refractivity contribution in [3.8, 4) is 11.1 Å². The maximum Gasteiger partial charge on any atom is 0.407 e. The topological polar surface area (TPSA) is 114 Å². The molecule has 0 aromatic heterocycles. The van der Waals surface area contributed by atoms with Crippen molar-refractivity contribution in [2.45, 2.75) is 37.7 Å². The molecule has 2 amide bonds. The summed E-state index contributed by atoms with van der Waals surface area (Å²) in [6.45, 7) is -0.0109. The zero-order valence-electron chi connectivity index (χ0n) is 18.3. The largest absolute Gasteiger partial charge is 0.481 e. The zero-order valence-corrected chi connectivity index (χ0v) is 18.3. The molecule has 0 radical (unpaired) electrons. The van der Waals surface area contributed by atoms with Crippen LogP contribution in [0.25, 0.3) is 11.1 Å². The number of rotatable bonds is 8. The highest BCUT2D eigenvalue weighted by atomic mass is 16.5. The highest BCUT2D eigenvalue weighted by Crippen LogP contribution is 2.44. The molecule has 0 unspecified atom stereocenters. The van der Waals surface area contributed by atoms with E-state index in [4.69, 9.17) is 14.6 Å². The number of benzene rings is 2. The van der Waals surface area contributed by atoms with E-state index in [9.17, 15) is 14.4 Å². The van der Waals surface area contributed by atoms with Crippen molar-refractivity contribution in [1.82, 2.24) is 10.6 Å². The zero-order chi connectivity index (χ0) is 23.2. The number of carbonyl (C=O) groups is 3. The summed E-state index contributed by atoms with van der Waals surface area (Å²) in [5.41, 5.74) is 4.55. The number of alkyl carbamates (subject to hydrolysis) is 1. The molecule has 8 heteroatoms. The van der Waals surface area contributed by atoms with E-state index in [1.165, 1.54) is 0 Å². The maximum atomic E-state index is 12.1. The van der Waals surface area contributed by atoms with E-state index < -0.39 is 12.1 Å². The summed E-state index contributed by atoms with van der Waals surface area (Å²) in [7, 11) is 0. The molecule has 0 spiro atoms. The first-order valence-corrected chi connectivity index (χ1v) is 11.2. The second kappa shape index (κ2) is 10.5. The Morgan fingerprint density at radius 1 is 0.879 bits per heavy atom. The first kappa shape index (κ1) is 22.8. The van der Waals surface area contributed by atoms with Crippen LogP contribution >= 0.6 is 0 Å². The highest BCUT2D eigenvalue weighted by molar-refractivity contribution is 5.82. The van der Waals surface area contributed by atoms with Crippen molar-refractivity contribution < 1.29 is 29.0 Å². The van der Waals surface area contributed by atoms with E-state index in [2.05, 4.69) is 22.8 Å². The number of fused-ring (bicyclic) bond motifs is 3. The van der Waals surface area contributed by atoms with Crippen molar-refractivity contribution in [1.29, 1.82) is 0 Å². The monoisotopic (exact) mass is 452 g/mol. The average molecular weight is 453 g/mol. The van der Waals surface area contributed by atoms with Gasteiger partial charge < -0.3 is 25.2 Å². The van der Waals surface area contributed by atoms with Crippen molar-refractivity contribution in [3.63, 3.8) is 0 Å². The number of ether oxygens (including phenoxy) is 2. The molecular weight excluding hydrogens is 424 g/mol. The van der Waals surface area contributed by atoms with Crippen molar-refractivity contribution >= 4 is 18.0 Å². The molecule has 0 heterocycles. The van der Waals surface area contributed by atoms with E-state index in [0.717, 1.165) is 22.3 Å². The van der Waals surface area contributed by atoms with Gasteiger partial charge in [-0.25, -0.2) is 4.79 Å². The fourth-order valence-electron chi connectivity index (χ4n) is 4.58. The number of carboxylic acids is 1. The normalized spacial score (nSPS) is 19.3. The SMILES string of the molecule is O=C(CNC(=O)OCC1c2ccccc2-c2ccccc21)NCO[C@H]1CC[C@@H](C(=O)O)CC1. The Morgan fingerprint density at radius 2 is 1.48 bits per heavy atom. The van der Waals surface area contributed by atoms with Gasteiger partial charge in [0.2, 0.25) is 5.91 Å². The van der Waals surface area contributed by atoms with Crippen molar-refractivity contribution in [2.24, 2.45) is 5.92 Å². The number of hydrogen-bond acceptors (Lipinski definition) is 5. The Morgan fingerprint density at radius 3 is 2.09 bits per heavy atom. The van der Waals surface area contributed by atoms with Crippen LogP contribution in [-0.2, 0) is 19.1 Å². The van der Waals surface area contributed by atoms with Gasteiger partial charge in [0.05, 0.1) is 12.0 Å². The molecule has 2 aliphatic rings. The number of amides is 2. The van der Waals surface area contributed by atoms with Gasteiger partial charge in [-0.1, -0.05) is 48.5 Å². The molecule has 2 aliphatic carbocycles. The van der Waals surface area contributed by atoms with Crippen LogP contribution in [-0.4, -0.2) is 49.1 Å². The summed E-state index contributed by atoms with van der Waals surface area (Å²) in [5.74, 6) is -1.49. The molecule has 1 fully saturated rings. The molecule has 3 N–H and O–H groups in total. The second-order valence-corrected chi connectivity index (χ2v) is 8.40. The molecule has 1 saturated carbocycles. The smallest absolute Gasteiger partial charge is 0.407 e. The Kier molecular flexibility index (Phi) is 7.24. The van der Waals surface area contributed by atoms with Crippen LogP contribution in [0.4, 0.5) is 4.79 Å². The second-order valence-electron chi connectivity index (χ2n) is 8.40. The lowest BCUT2D eigenvalue weighted by Crippen LogP contribution is -2.39. The van der Waals surface area contributed by atoms with Crippen LogP contribution in [0.3, 0.4) is 0 Å². The predicted octanol–water partition coefficient (Wildman–Crippen LogP) is 3.26. The van der Waals surface area contributed by atoms with Gasteiger partial charge in [-0.15, -0.1) is 0 Å². The Hall–Kier alpha value is -3.39. The molecule has 174 valence electrons. The maximum absolute atomic E-state index is 12.1. The first-order valence-electron chi connectivity index (χ1n) is 11.2. The summed E-state index contributed by atoms with van der Waals surface area (Å²) in [4.78, 5) is 35.1. The van der Waals surface area contributed by atoms with Gasteiger partial charge in [0, 0.05) is 5.92 Å². The average Bonchev–Trinajstić information content (AvgIpc) is 3.15. The fourth-order valence-corrected chi connectivity index (χ4v) is 4.58. The summed E-state index contributed by atoms with van der Waals surface area (Å²) in [5, 5.41) is 14.1. The van der Waals surface area contributed by atoms with Crippen LogP contribution in [0.1, 0.15) is 42.7 Å². The Labute approximate surface area is 192 Å². The minimum absolute atomic E-state index is 0.0214. The summed E-state index contributed by atoms with van der Waals surface area (Å²) >= 11 is 0. The third kappa shape index (κ3) is 5.51. The molecular formula is C25H28N2O6. The lowest BCUT2D eigenvalue weighted by atomic mass is 9.87. The molecule has 8 nitrogen and oxygen atoms in total. The molecule has 2 aromatic rings. The molecule has 2 aromatic carbocycles. The van der Waals surface area contributed by atoms with Crippen LogP contribution < -0.4 is 10.6 Å². The summed E-state index contributed by atoms with van der Waals surface area (Å²) in [6, 6.07) is 16.2. The summed E-state index contributed by atoms with van der Waals surface area (Å²) in [6.07, 6.45) is 1.76. The number of carbonyl (C=O) groups excluding carboxylic acids is 2. The van der Waals surface area contributed by atoms with Gasteiger partial charge in [0.15, 0.2) is 0 Å². The molecule has 0 saturated heterocycles. The quantitative estimate of drug-likeness (QED) is 0.530. The van der Waals surface area contributed by atoms with Crippen molar-refractivity contribution in [3.05, 3.63) is 59.7 Å². The van der Waals surface area contributed by atoms with Crippen LogP contribution in [0.5, 0.6) is 0 Å². The molecule has 0 aliphatic heterocycles. The minimum atomic E-state index is -0.763. The lowest BCUT2D eigenvalue weighted by Gasteiger charge is -2.26. The van der Waals surface area contributed by atoms with Crippen LogP contribution in [0.2, 0.25) is 0 Å². The fraction of sp³-hybridized carbons (Fsp3) is 0.400. The van der Waals surface area contributed by atoms with E-state index in [0.29, 0.717) is 25.7 Å². The lowest BCUT2D eigenvalue weighted by molar-refractivity contribution is -0.143. The Bertz CT molecular complexity index is 970. The van der Waals surface area contributed by atoms with E-state index in [1.807, 2.05) is 36.4 Å². The van der Waals surface area contributed by atoms with E-state index in [1.54, 1.807) is 0 Å². The Balaban J connectivity index is 1.16. The van der Waals surface area contributed by atoms with Gasteiger partial charge in [-0.3, -0.25) is 9.59 Å². The molecule has 4 rings (SSSR count). The third-order valence-corrected chi connectivity index (χ3v) is 6.35. The van der Waals surface area contributed by atoms with Gasteiger partial charge in [0.25, 0.3) is 0 Å². The standard InChI is InChI=1S/C25H28N2O6/c28-23(27-15-33-17-11-9-16(10-12-17)24(29)30)13-26-25(31)32-14-22-20-7-3-1-5-18(20)19-6-2-4-8-21(19)22/h1-8,16-17,22H,9-15H2,(H,26,31)(H,27,28)(H,29,30)/t16-,17+. The molecule has 0 bridgehead atoms. The number of aliphatic carboxylic acids is 1. The minimum Gasteiger partial charge on any atom is -0.481 e. The van der Waals surface area contributed by atoms with Crippen LogP contribution in [0.15, 0.2) is 48.5 Å². The van der Waals surface area contributed by atoms with Crippen LogP contribution in [0, 0.1) is 5.92 Å². The van der Waals surface area contributed by atoms with Gasteiger partial charge in [-0.05, 0) is 47.9 Å². The van der Waals surface area contributed by atoms with Gasteiger partial charge in [-0.2, -0.15) is 0 Å². The summed E-state index contributed by atoms with van der Waals surface area (Å²) < 4.78 is 11.0. The number of hydrogen-bond donors (Lipinski definition) is 3. The number of nitrogens with one attached hydrogen (secondary N) is 2. The molecule has 33 heavy (non-hydrogen) atoms. The number of carboxylic acid groups (broad SMARTS) is 1. The van der Waals surface area contributed by atoms with Gasteiger partial charge >= 0.3 is 12.1 Å².